The first-order valence-electron chi connectivity index (χ1n) is 4.00. The molecule has 13 heavy (non-hydrogen) atoms. The summed E-state index contributed by atoms with van der Waals surface area (Å²) in [6.07, 6.45) is 0.448. The molecule has 0 aromatic heterocycles. The predicted molar refractivity (Wildman–Crippen MR) is 54.4 cm³/mol. The van der Waals surface area contributed by atoms with Gasteiger partial charge in [-0.15, -0.1) is 0 Å². The van der Waals surface area contributed by atoms with Crippen molar-refractivity contribution in [3.8, 4) is 5.75 Å². The first-order valence-corrected chi connectivity index (χ1v) is 4.79. The minimum absolute atomic E-state index is 0.0210. The van der Waals surface area contributed by atoms with Crippen molar-refractivity contribution < 1.29 is 10.2 Å². The van der Waals surface area contributed by atoms with Crippen molar-refractivity contribution >= 4 is 15.9 Å². The fourth-order valence-electron chi connectivity index (χ4n) is 1.12. The summed E-state index contributed by atoms with van der Waals surface area (Å²) in [6.45, 7) is 0.0210. The highest BCUT2D eigenvalue weighted by atomic mass is 79.9. The Balaban J connectivity index is 2.91. The van der Waals surface area contributed by atoms with Crippen molar-refractivity contribution in [1.29, 1.82) is 0 Å². The van der Waals surface area contributed by atoms with Gasteiger partial charge < -0.3 is 15.9 Å². The Morgan fingerprint density at radius 2 is 2.15 bits per heavy atom. The molecule has 0 heterocycles. The van der Waals surface area contributed by atoms with Gasteiger partial charge in [-0.1, -0.05) is 15.9 Å². The second-order valence-corrected chi connectivity index (χ2v) is 3.74. The van der Waals surface area contributed by atoms with E-state index in [4.69, 9.17) is 10.8 Å². The molecule has 3 nitrogen and oxygen atoms in total. The summed E-state index contributed by atoms with van der Waals surface area (Å²) in [5.74, 6) is 0.171. The van der Waals surface area contributed by atoms with Crippen LogP contribution in [-0.4, -0.2) is 16.8 Å². The van der Waals surface area contributed by atoms with Gasteiger partial charge >= 0.3 is 0 Å². The average molecular weight is 246 g/mol. The molecule has 0 aliphatic carbocycles. The molecule has 1 rings (SSSR count). The van der Waals surface area contributed by atoms with Crippen LogP contribution in [0.5, 0.6) is 5.75 Å². The topological polar surface area (TPSA) is 66.5 Å². The molecule has 0 fully saturated rings. The minimum atomic E-state index is -0.317. The normalized spacial score (nSPS) is 12.8. The Bertz CT molecular complexity index is 291. The van der Waals surface area contributed by atoms with E-state index in [1.54, 1.807) is 18.2 Å². The molecule has 0 radical (unpaired) electrons. The summed E-state index contributed by atoms with van der Waals surface area (Å²) in [7, 11) is 0. The molecule has 0 amide bonds. The lowest BCUT2D eigenvalue weighted by atomic mass is 10.0. The lowest BCUT2D eigenvalue weighted by molar-refractivity contribution is 0.275. The van der Waals surface area contributed by atoms with Gasteiger partial charge in [-0.25, -0.2) is 0 Å². The SMILES string of the molecule is N[C@@H](CCO)c1cc(Br)ccc1O. The smallest absolute Gasteiger partial charge is 0.120 e. The van der Waals surface area contributed by atoms with E-state index in [9.17, 15) is 5.11 Å². The first kappa shape index (κ1) is 10.5. The summed E-state index contributed by atoms with van der Waals surface area (Å²) in [6, 6.07) is 4.76. The molecule has 72 valence electrons. The van der Waals surface area contributed by atoms with E-state index in [0.717, 1.165) is 4.47 Å². The fourth-order valence-corrected chi connectivity index (χ4v) is 1.50. The zero-order valence-electron chi connectivity index (χ0n) is 7.07. The van der Waals surface area contributed by atoms with Crippen LogP contribution in [0.25, 0.3) is 0 Å². The van der Waals surface area contributed by atoms with E-state index in [-0.39, 0.29) is 18.4 Å². The number of hydrogen-bond acceptors (Lipinski definition) is 3. The number of hydrogen-bond donors (Lipinski definition) is 3. The summed E-state index contributed by atoms with van der Waals surface area (Å²) in [5.41, 5.74) is 6.39. The number of phenols is 1. The van der Waals surface area contributed by atoms with Crippen LogP contribution in [0.3, 0.4) is 0 Å². The first-order chi connectivity index (χ1) is 6.15. The van der Waals surface area contributed by atoms with Gasteiger partial charge in [0.25, 0.3) is 0 Å². The molecule has 1 atom stereocenters. The van der Waals surface area contributed by atoms with Gasteiger partial charge in [0.1, 0.15) is 5.75 Å². The van der Waals surface area contributed by atoms with Crippen LogP contribution in [0.1, 0.15) is 18.0 Å². The molecule has 4 heteroatoms. The summed E-state index contributed by atoms with van der Waals surface area (Å²) < 4.78 is 0.869. The summed E-state index contributed by atoms with van der Waals surface area (Å²) in [4.78, 5) is 0. The van der Waals surface area contributed by atoms with Crippen molar-refractivity contribution in [2.45, 2.75) is 12.5 Å². The van der Waals surface area contributed by atoms with Gasteiger partial charge in [0.2, 0.25) is 0 Å². The molecule has 0 bridgehead atoms. The van der Waals surface area contributed by atoms with Gasteiger partial charge in [-0.05, 0) is 24.6 Å². The third-order valence-corrected chi connectivity index (χ3v) is 2.32. The van der Waals surface area contributed by atoms with Gasteiger partial charge in [-0.2, -0.15) is 0 Å². The molecule has 0 unspecified atom stereocenters. The molecule has 1 aromatic rings. The van der Waals surface area contributed by atoms with Crippen LogP contribution in [-0.2, 0) is 0 Å². The zero-order valence-corrected chi connectivity index (χ0v) is 8.66. The Labute approximate surface area is 85.3 Å². The van der Waals surface area contributed by atoms with Crippen LogP contribution in [0.2, 0.25) is 0 Å². The quantitative estimate of drug-likeness (QED) is 0.757. The number of rotatable bonds is 3. The molecule has 0 saturated heterocycles. The monoisotopic (exact) mass is 245 g/mol. The maximum atomic E-state index is 9.45. The highest BCUT2D eigenvalue weighted by Gasteiger charge is 2.10. The van der Waals surface area contributed by atoms with Crippen LogP contribution in [0.4, 0.5) is 0 Å². The number of phenolic OH excluding ortho intramolecular Hbond substituents is 1. The summed E-state index contributed by atoms with van der Waals surface area (Å²) >= 11 is 3.29. The standard InChI is InChI=1S/C9H12BrNO2/c10-6-1-2-9(13)7(5-6)8(11)3-4-12/h1-2,5,8,12-13H,3-4,11H2/t8-/m0/s1. The molecule has 1 aromatic carbocycles. The highest BCUT2D eigenvalue weighted by Crippen LogP contribution is 2.27. The third-order valence-electron chi connectivity index (χ3n) is 1.83. The summed E-state index contributed by atoms with van der Waals surface area (Å²) in [5, 5.41) is 18.1. The number of aliphatic hydroxyl groups excluding tert-OH is 1. The second kappa shape index (κ2) is 4.60. The number of nitrogens with two attached hydrogens (primary N) is 1. The van der Waals surface area contributed by atoms with Gasteiger partial charge in [-0.3, -0.25) is 0 Å². The number of aromatic hydroxyl groups is 1. The van der Waals surface area contributed by atoms with Gasteiger partial charge in [0, 0.05) is 22.7 Å². The lowest BCUT2D eigenvalue weighted by Gasteiger charge is -2.12. The van der Waals surface area contributed by atoms with E-state index in [0.29, 0.717) is 12.0 Å². The second-order valence-electron chi connectivity index (χ2n) is 2.82. The van der Waals surface area contributed by atoms with Crippen molar-refractivity contribution in [2.75, 3.05) is 6.61 Å². The largest absolute Gasteiger partial charge is 0.508 e. The minimum Gasteiger partial charge on any atom is -0.508 e. The van der Waals surface area contributed by atoms with E-state index in [1.165, 1.54) is 0 Å². The third kappa shape index (κ3) is 2.69. The van der Waals surface area contributed by atoms with E-state index < -0.39 is 0 Å². The molecule has 0 aliphatic heterocycles. The van der Waals surface area contributed by atoms with Crippen LogP contribution in [0.15, 0.2) is 22.7 Å². The number of aliphatic hydroxyl groups is 1. The van der Waals surface area contributed by atoms with E-state index in [2.05, 4.69) is 15.9 Å². The van der Waals surface area contributed by atoms with Gasteiger partial charge in [0.05, 0.1) is 0 Å². The lowest BCUT2D eigenvalue weighted by Crippen LogP contribution is -2.12. The molecular weight excluding hydrogens is 234 g/mol. The highest BCUT2D eigenvalue weighted by molar-refractivity contribution is 9.10. The zero-order chi connectivity index (χ0) is 9.84. The number of benzene rings is 1. The molecule has 0 aliphatic rings. The Morgan fingerprint density at radius 3 is 2.77 bits per heavy atom. The van der Waals surface area contributed by atoms with Crippen LogP contribution < -0.4 is 5.73 Å². The van der Waals surface area contributed by atoms with E-state index >= 15 is 0 Å². The molecule has 0 saturated carbocycles. The fraction of sp³-hybridized carbons (Fsp3) is 0.333. The maximum Gasteiger partial charge on any atom is 0.120 e. The van der Waals surface area contributed by atoms with Crippen LogP contribution in [0, 0.1) is 0 Å². The van der Waals surface area contributed by atoms with Crippen LogP contribution >= 0.6 is 15.9 Å². The van der Waals surface area contributed by atoms with Crippen molar-refractivity contribution in [3.05, 3.63) is 28.2 Å². The molecule has 4 N–H and O–H groups in total. The predicted octanol–water partition coefficient (Wildman–Crippen LogP) is 1.54. The Kier molecular flexibility index (Phi) is 3.71. The molecule has 0 spiro atoms. The molecular formula is C9H12BrNO2. The van der Waals surface area contributed by atoms with Crippen molar-refractivity contribution in [2.24, 2.45) is 5.73 Å². The maximum absolute atomic E-state index is 9.45. The Morgan fingerprint density at radius 1 is 1.46 bits per heavy atom. The van der Waals surface area contributed by atoms with Crippen molar-refractivity contribution in [1.82, 2.24) is 0 Å². The van der Waals surface area contributed by atoms with Gasteiger partial charge in [0.15, 0.2) is 0 Å². The number of halogens is 1. The average Bonchev–Trinajstić information content (AvgIpc) is 2.09. The Hall–Kier alpha value is -0.580. The van der Waals surface area contributed by atoms with E-state index in [1.807, 2.05) is 0 Å². The van der Waals surface area contributed by atoms with Crippen molar-refractivity contribution in [3.63, 3.8) is 0 Å².